The van der Waals surface area contributed by atoms with E-state index in [9.17, 15) is 17.6 Å². The van der Waals surface area contributed by atoms with E-state index >= 15 is 0 Å². The zero-order valence-electron chi connectivity index (χ0n) is 8.07. The van der Waals surface area contributed by atoms with Crippen molar-refractivity contribution in [2.75, 3.05) is 6.61 Å². The van der Waals surface area contributed by atoms with Crippen LogP contribution >= 0.6 is 0 Å². The monoisotopic (exact) mass is 222 g/mol. The lowest BCUT2D eigenvalue weighted by Crippen LogP contribution is -2.17. The molecule has 0 N–H and O–H groups in total. The molecule has 1 aromatic rings. The first-order chi connectivity index (χ1) is 6.90. The van der Waals surface area contributed by atoms with Crippen LogP contribution in [0, 0.1) is 11.6 Å². The van der Waals surface area contributed by atoms with Crippen molar-refractivity contribution >= 4 is 0 Å². The van der Waals surface area contributed by atoms with E-state index in [2.05, 4.69) is 4.74 Å². The van der Waals surface area contributed by atoms with Gasteiger partial charge in [0.2, 0.25) is 0 Å². The van der Waals surface area contributed by atoms with Crippen molar-refractivity contribution in [2.45, 2.75) is 19.5 Å². The fourth-order valence-electron chi connectivity index (χ4n) is 1.10. The third kappa shape index (κ3) is 3.87. The average Bonchev–Trinajstić information content (AvgIpc) is 2.08. The molecule has 0 aromatic heterocycles. The van der Waals surface area contributed by atoms with Gasteiger partial charge in [-0.3, -0.25) is 0 Å². The van der Waals surface area contributed by atoms with E-state index in [1.807, 2.05) is 0 Å². The first-order valence-electron chi connectivity index (χ1n) is 4.35. The highest BCUT2D eigenvalue weighted by Gasteiger charge is 2.21. The van der Waals surface area contributed by atoms with Gasteiger partial charge in [-0.25, -0.2) is 8.78 Å². The van der Waals surface area contributed by atoms with Crippen LogP contribution in [-0.2, 0) is 11.2 Å². The fourth-order valence-corrected chi connectivity index (χ4v) is 1.10. The smallest absolute Gasteiger partial charge is 0.320 e. The van der Waals surface area contributed by atoms with Gasteiger partial charge in [-0.15, -0.1) is 0 Å². The zero-order chi connectivity index (χ0) is 11.5. The normalized spacial score (nSPS) is 11.8. The molecule has 0 aliphatic carbocycles. The van der Waals surface area contributed by atoms with Crippen molar-refractivity contribution in [2.24, 2.45) is 0 Å². The highest BCUT2D eigenvalue weighted by Crippen LogP contribution is 2.16. The predicted octanol–water partition coefficient (Wildman–Crippen LogP) is 3.14. The van der Waals surface area contributed by atoms with Gasteiger partial charge >= 0.3 is 6.11 Å². The highest BCUT2D eigenvalue weighted by atomic mass is 19.3. The molecule has 0 fully saturated rings. The van der Waals surface area contributed by atoms with E-state index in [-0.39, 0.29) is 12.0 Å². The van der Waals surface area contributed by atoms with Crippen molar-refractivity contribution in [3.05, 3.63) is 35.4 Å². The van der Waals surface area contributed by atoms with Gasteiger partial charge in [0.05, 0.1) is 6.61 Å². The lowest BCUT2D eigenvalue weighted by Gasteiger charge is -2.11. The summed E-state index contributed by atoms with van der Waals surface area (Å²) in [6.07, 6.45) is -3.50. The first-order valence-corrected chi connectivity index (χ1v) is 4.35. The number of halogens is 4. The molecule has 0 saturated heterocycles. The van der Waals surface area contributed by atoms with Crippen LogP contribution in [0.5, 0.6) is 0 Å². The minimum absolute atomic E-state index is 0.220. The van der Waals surface area contributed by atoms with Gasteiger partial charge in [0, 0.05) is 18.9 Å². The molecule has 5 heteroatoms. The van der Waals surface area contributed by atoms with Crippen molar-refractivity contribution in [3.8, 4) is 0 Å². The number of hydrogen-bond donors (Lipinski definition) is 0. The van der Waals surface area contributed by atoms with Crippen molar-refractivity contribution in [1.82, 2.24) is 0 Å². The summed E-state index contributed by atoms with van der Waals surface area (Å²) in [7, 11) is 0. The second-order valence-corrected chi connectivity index (χ2v) is 3.11. The van der Waals surface area contributed by atoms with Crippen molar-refractivity contribution in [3.63, 3.8) is 0 Å². The molecular weight excluding hydrogens is 212 g/mol. The highest BCUT2D eigenvalue weighted by molar-refractivity contribution is 5.19. The number of alkyl halides is 2. The molecule has 0 bridgehead atoms. The van der Waals surface area contributed by atoms with E-state index in [0.717, 1.165) is 12.1 Å². The molecule has 15 heavy (non-hydrogen) atoms. The van der Waals surface area contributed by atoms with Crippen molar-refractivity contribution < 1.29 is 22.3 Å². The van der Waals surface area contributed by atoms with Gasteiger partial charge in [0.15, 0.2) is 0 Å². The topological polar surface area (TPSA) is 9.23 Å². The number of hydrogen-bond acceptors (Lipinski definition) is 1. The van der Waals surface area contributed by atoms with Crippen LogP contribution in [0.25, 0.3) is 0 Å². The first kappa shape index (κ1) is 12.0. The summed E-state index contributed by atoms with van der Waals surface area (Å²) in [5.74, 6) is -1.50. The van der Waals surface area contributed by atoms with Crippen LogP contribution in [-0.4, -0.2) is 12.7 Å². The van der Waals surface area contributed by atoms with Crippen molar-refractivity contribution in [1.29, 1.82) is 0 Å². The van der Waals surface area contributed by atoms with Gasteiger partial charge in [0.25, 0.3) is 0 Å². The minimum Gasteiger partial charge on any atom is -0.320 e. The molecule has 0 aliphatic rings. The van der Waals surface area contributed by atoms with Crippen LogP contribution in [0.3, 0.4) is 0 Å². The van der Waals surface area contributed by atoms with E-state index in [0.29, 0.717) is 6.92 Å². The van der Waals surface area contributed by atoms with Crippen LogP contribution < -0.4 is 0 Å². The lowest BCUT2D eigenvalue weighted by molar-refractivity contribution is -0.223. The third-order valence-corrected chi connectivity index (χ3v) is 1.77. The molecule has 0 heterocycles. The molecule has 0 radical (unpaired) electrons. The Bertz CT molecular complexity index is 312. The second kappa shape index (κ2) is 4.61. The Hall–Kier alpha value is -1.10. The minimum atomic E-state index is -3.28. The molecule has 0 spiro atoms. The third-order valence-electron chi connectivity index (χ3n) is 1.77. The Labute approximate surface area is 84.7 Å². The quantitative estimate of drug-likeness (QED) is 0.711. The number of benzene rings is 1. The maximum Gasteiger partial charge on any atom is 0.352 e. The van der Waals surface area contributed by atoms with Gasteiger partial charge in [-0.1, -0.05) is 6.07 Å². The molecule has 1 aromatic carbocycles. The fraction of sp³-hybridized carbons (Fsp3) is 0.400. The molecule has 0 aliphatic heterocycles. The molecule has 0 atom stereocenters. The largest absolute Gasteiger partial charge is 0.352 e. The average molecular weight is 222 g/mol. The molecule has 0 amide bonds. The van der Waals surface area contributed by atoms with Crippen LogP contribution in [0.2, 0.25) is 0 Å². The standard InChI is InChI=1S/C10H10F4O/c1-10(13,14)15-6-5-7-8(11)3-2-4-9(7)12/h2-4H,5-6H2,1H3. The maximum atomic E-state index is 13.0. The van der Waals surface area contributed by atoms with E-state index in [1.54, 1.807) is 0 Å². The molecule has 84 valence electrons. The summed E-state index contributed by atoms with van der Waals surface area (Å²) in [6, 6.07) is 3.36. The second-order valence-electron chi connectivity index (χ2n) is 3.11. The Balaban J connectivity index is 2.58. The summed E-state index contributed by atoms with van der Waals surface area (Å²) >= 11 is 0. The Kier molecular flexibility index (Phi) is 3.68. The van der Waals surface area contributed by atoms with Crippen LogP contribution in [0.4, 0.5) is 17.6 Å². The number of rotatable bonds is 4. The molecule has 1 nitrogen and oxygen atoms in total. The summed E-state index contributed by atoms with van der Waals surface area (Å²) in [6.45, 7) is 0.145. The van der Waals surface area contributed by atoms with Crippen LogP contribution in [0.15, 0.2) is 18.2 Å². The summed E-state index contributed by atoms with van der Waals surface area (Å²) in [5.41, 5.74) is -0.234. The number of ether oxygens (including phenoxy) is 1. The predicted molar refractivity (Wildman–Crippen MR) is 46.6 cm³/mol. The maximum absolute atomic E-state index is 13.0. The summed E-state index contributed by atoms with van der Waals surface area (Å²) in [4.78, 5) is 0. The Morgan fingerprint density at radius 3 is 2.20 bits per heavy atom. The molecule has 0 saturated carbocycles. The Morgan fingerprint density at radius 2 is 1.73 bits per heavy atom. The molecule has 1 rings (SSSR count). The summed E-state index contributed by atoms with van der Waals surface area (Å²) < 4.78 is 54.5. The molecular formula is C10H10F4O. The van der Waals surface area contributed by atoms with Gasteiger partial charge in [0.1, 0.15) is 11.6 Å². The van der Waals surface area contributed by atoms with Gasteiger partial charge in [-0.05, 0) is 12.1 Å². The SMILES string of the molecule is CC(F)(F)OCCc1c(F)cccc1F. The van der Waals surface area contributed by atoms with Gasteiger partial charge < -0.3 is 4.74 Å². The van der Waals surface area contributed by atoms with E-state index < -0.39 is 24.3 Å². The van der Waals surface area contributed by atoms with E-state index in [1.165, 1.54) is 6.07 Å². The van der Waals surface area contributed by atoms with Gasteiger partial charge in [-0.2, -0.15) is 8.78 Å². The zero-order valence-corrected chi connectivity index (χ0v) is 8.07. The molecule has 0 unspecified atom stereocenters. The lowest BCUT2D eigenvalue weighted by atomic mass is 10.1. The Morgan fingerprint density at radius 1 is 1.20 bits per heavy atom. The van der Waals surface area contributed by atoms with E-state index in [4.69, 9.17) is 0 Å². The van der Waals surface area contributed by atoms with Crippen LogP contribution in [0.1, 0.15) is 12.5 Å². The summed E-state index contributed by atoms with van der Waals surface area (Å²) in [5, 5.41) is 0.